The van der Waals surface area contributed by atoms with Crippen LogP contribution in [0.3, 0.4) is 0 Å². The van der Waals surface area contributed by atoms with Gasteiger partial charge in [0, 0.05) is 22.7 Å². The number of carbonyl (C=O) groups is 1. The maximum atomic E-state index is 13.3. The van der Waals surface area contributed by atoms with Gasteiger partial charge in [-0.2, -0.15) is 0 Å². The number of non-ortho nitro benzene ring substituents is 1. The zero-order chi connectivity index (χ0) is 19.0. The van der Waals surface area contributed by atoms with Gasteiger partial charge >= 0.3 is 0 Å². The lowest BCUT2D eigenvalue weighted by atomic mass is 10.2. The van der Waals surface area contributed by atoms with Crippen LogP contribution in [0.1, 0.15) is 5.56 Å². The number of halogens is 3. The number of carbonyl (C=O) groups excluding carboxylic acids is 1. The van der Waals surface area contributed by atoms with Crippen LogP contribution in [0.2, 0.25) is 10.0 Å². The van der Waals surface area contributed by atoms with Crippen LogP contribution in [0.15, 0.2) is 41.3 Å². The predicted molar refractivity (Wildman–Crippen MR) is 105 cm³/mol. The summed E-state index contributed by atoms with van der Waals surface area (Å²) in [6.07, 6.45) is 1.43. The molecule has 0 radical (unpaired) electrons. The Morgan fingerprint density at radius 1 is 1.19 bits per heavy atom. The Labute approximate surface area is 166 Å². The molecule has 0 bridgehead atoms. The van der Waals surface area contributed by atoms with Crippen LogP contribution in [0.25, 0.3) is 6.08 Å². The first kappa shape index (κ1) is 18.8. The van der Waals surface area contributed by atoms with E-state index in [1.165, 1.54) is 41.3 Å². The molecule has 1 aliphatic rings. The number of hydrogen-bond acceptors (Lipinski definition) is 5. The maximum Gasteiger partial charge on any atom is 0.270 e. The molecule has 0 aromatic heterocycles. The van der Waals surface area contributed by atoms with Crippen molar-refractivity contribution in [3.05, 3.63) is 72.8 Å². The van der Waals surface area contributed by atoms with Gasteiger partial charge in [-0.15, -0.1) is 0 Å². The standard InChI is InChI=1S/C16H7Cl2FN2O3S2/c17-11-3-1-10(21(23)24)5-8(11)6-14-15(22)20(16(25)26-14)9-2-4-13(19)12(18)7-9/h1-7H/b14-6+. The minimum Gasteiger partial charge on any atom is -0.268 e. The van der Waals surface area contributed by atoms with E-state index >= 15 is 0 Å². The van der Waals surface area contributed by atoms with Gasteiger partial charge in [0.15, 0.2) is 4.32 Å². The second-order valence-electron chi connectivity index (χ2n) is 5.08. The first-order valence-electron chi connectivity index (χ1n) is 6.95. The third-order valence-corrected chi connectivity index (χ3v) is 5.37. The topological polar surface area (TPSA) is 63.4 Å². The molecule has 1 heterocycles. The van der Waals surface area contributed by atoms with Gasteiger partial charge in [-0.05, 0) is 30.3 Å². The van der Waals surface area contributed by atoms with E-state index in [0.29, 0.717) is 11.3 Å². The SMILES string of the molecule is O=C1/C(=C\c2cc([N+](=O)[O-])ccc2Cl)SC(=S)N1c1ccc(F)c(Cl)c1. The molecule has 1 amide bonds. The van der Waals surface area contributed by atoms with E-state index in [2.05, 4.69) is 0 Å². The largest absolute Gasteiger partial charge is 0.270 e. The highest BCUT2D eigenvalue weighted by Gasteiger charge is 2.33. The van der Waals surface area contributed by atoms with E-state index in [-0.39, 0.29) is 25.0 Å². The molecule has 3 rings (SSSR count). The predicted octanol–water partition coefficient (Wildman–Crippen LogP) is 5.45. The molecule has 2 aromatic carbocycles. The molecule has 26 heavy (non-hydrogen) atoms. The number of benzene rings is 2. The lowest BCUT2D eigenvalue weighted by Crippen LogP contribution is -2.27. The third kappa shape index (κ3) is 3.59. The summed E-state index contributed by atoms with van der Waals surface area (Å²) >= 11 is 18.1. The number of anilines is 1. The number of nitro benzene ring substituents is 1. The van der Waals surface area contributed by atoms with Crippen molar-refractivity contribution in [2.24, 2.45) is 0 Å². The molecule has 1 aliphatic heterocycles. The number of rotatable bonds is 3. The van der Waals surface area contributed by atoms with Gasteiger partial charge in [0.2, 0.25) is 0 Å². The van der Waals surface area contributed by atoms with Crippen molar-refractivity contribution in [3.8, 4) is 0 Å². The van der Waals surface area contributed by atoms with E-state index < -0.39 is 16.6 Å². The number of thiocarbonyl (C=S) groups is 1. The normalized spacial score (nSPS) is 15.8. The average Bonchev–Trinajstić information content (AvgIpc) is 2.86. The molecule has 132 valence electrons. The highest BCUT2D eigenvalue weighted by atomic mass is 35.5. The fourth-order valence-electron chi connectivity index (χ4n) is 2.21. The molecule has 0 atom stereocenters. The van der Waals surface area contributed by atoms with E-state index in [1.54, 1.807) is 0 Å². The highest BCUT2D eigenvalue weighted by molar-refractivity contribution is 8.27. The Balaban J connectivity index is 1.98. The summed E-state index contributed by atoms with van der Waals surface area (Å²) in [5, 5.41) is 11.0. The Morgan fingerprint density at radius 3 is 2.58 bits per heavy atom. The summed E-state index contributed by atoms with van der Waals surface area (Å²) < 4.78 is 13.6. The average molecular weight is 429 g/mol. The van der Waals surface area contributed by atoms with E-state index in [0.717, 1.165) is 17.8 Å². The van der Waals surface area contributed by atoms with Gasteiger partial charge in [-0.3, -0.25) is 19.8 Å². The van der Waals surface area contributed by atoms with Gasteiger partial charge in [-0.25, -0.2) is 4.39 Å². The van der Waals surface area contributed by atoms with Crippen LogP contribution in [0.5, 0.6) is 0 Å². The van der Waals surface area contributed by atoms with Crippen molar-refractivity contribution < 1.29 is 14.1 Å². The molecule has 0 N–H and O–H groups in total. The molecule has 0 saturated carbocycles. The van der Waals surface area contributed by atoms with Gasteiger partial charge in [0.1, 0.15) is 5.82 Å². The fraction of sp³-hybridized carbons (Fsp3) is 0. The molecule has 1 saturated heterocycles. The molecule has 0 spiro atoms. The summed E-state index contributed by atoms with van der Waals surface area (Å²) in [5.41, 5.74) is 0.493. The smallest absolute Gasteiger partial charge is 0.268 e. The summed E-state index contributed by atoms with van der Waals surface area (Å²) in [6, 6.07) is 7.73. The fourth-order valence-corrected chi connectivity index (χ4v) is 3.85. The monoisotopic (exact) mass is 428 g/mol. The number of thioether (sulfide) groups is 1. The van der Waals surface area contributed by atoms with Crippen molar-refractivity contribution >= 4 is 74.9 Å². The van der Waals surface area contributed by atoms with Crippen LogP contribution in [0.4, 0.5) is 15.8 Å². The zero-order valence-corrected chi connectivity index (χ0v) is 15.8. The Morgan fingerprint density at radius 2 is 1.92 bits per heavy atom. The second-order valence-corrected chi connectivity index (χ2v) is 7.57. The Hall–Kier alpha value is -2.00. The van der Waals surface area contributed by atoms with Crippen LogP contribution >= 0.6 is 47.2 Å². The number of nitro groups is 1. The van der Waals surface area contributed by atoms with Crippen LogP contribution in [-0.4, -0.2) is 15.2 Å². The summed E-state index contributed by atoms with van der Waals surface area (Å²) in [7, 11) is 0. The number of amides is 1. The van der Waals surface area contributed by atoms with Crippen molar-refractivity contribution in [1.29, 1.82) is 0 Å². The van der Waals surface area contributed by atoms with Gasteiger partial charge in [0.25, 0.3) is 11.6 Å². The van der Waals surface area contributed by atoms with Crippen molar-refractivity contribution in [2.45, 2.75) is 0 Å². The Bertz CT molecular complexity index is 997. The molecular weight excluding hydrogens is 422 g/mol. The molecule has 1 fully saturated rings. The van der Waals surface area contributed by atoms with Gasteiger partial charge in [0.05, 0.1) is 20.5 Å². The molecular formula is C16H7Cl2FN2O3S2. The summed E-state index contributed by atoms with van der Waals surface area (Å²) in [4.78, 5) is 24.5. The second kappa shape index (κ2) is 7.32. The first-order valence-corrected chi connectivity index (χ1v) is 8.93. The van der Waals surface area contributed by atoms with E-state index in [1.807, 2.05) is 0 Å². The van der Waals surface area contributed by atoms with E-state index in [9.17, 15) is 19.3 Å². The van der Waals surface area contributed by atoms with Crippen LogP contribution in [0, 0.1) is 15.9 Å². The minimum atomic E-state index is -0.611. The Kier molecular flexibility index (Phi) is 5.29. The number of hydrogen-bond donors (Lipinski definition) is 0. The zero-order valence-electron chi connectivity index (χ0n) is 12.6. The van der Waals surface area contributed by atoms with Gasteiger partial charge < -0.3 is 0 Å². The van der Waals surface area contributed by atoms with Crippen LogP contribution in [-0.2, 0) is 4.79 Å². The maximum absolute atomic E-state index is 13.3. The molecule has 5 nitrogen and oxygen atoms in total. The lowest BCUT2D eigenvalue weighted by Gasteiger charge is -2.14. The molecule has 2 aromatic rings. The first-order chi connectivity index (χ1) is 12.3. The van der Waals surface area contributed by atoms with Crippen molar-refractivity contribution in [2.75, 3.05) is 4.90 Å². The minimum absolute atomic E-state index is 0.137. The van der Waals surface area contributed by atoms with E-state index in [4.69, 9.17) is 35.4 Å². The van der Waals surface area contributed by atoms with Crippen molar-refractivity contribution in [1.82, 2.24) is 0 Å². The van der Waals surface area contributed by atoms with Crippen molar-refractivity contribution in [3.63, 3.8) is 0 Å². The number of nitrogens with zero attached hydrogens (tertiary/aromatic N) is 2. The molecule has 0 unspecified atom stereocenters. The summed E-state index contributed by atoms with van der Waals surface area (Å²) in [6.45, 7) is 0. The lowest BCUT2D eigenvalue weighted by molar-refractivity contribution is -0.384. The third-order valence-electron chi connectivity index (χ3n) is 3.43. The molecule has 0 aliphatic carbocycles. The summed E-state index contributed by atoms with van der Waals surface area (Å²) in [5.74, 6) is -1.06. The molecule has 10 heteroatoms. The van der Waals surface area contributed by atoms with Crippen LogP contribution < -0.4 is 4.90 Å². The van der Waals surface area contributed by atoms with Gasteiger partial charge in [-0.1, -0.05) is 47.2 Å². The quantitative estimate of drug-likeness (QED) is 0.281. The highest BCUT2D eigenvalue weighted by Crippen LogP contribution is 2.38.